The van der Waals surface area contributed by atoms with Crippen molar-refractivity contribution in [1.82, 2.24) is 15.2 Å². The van der Waals surface area contributed by atoms with Gasteiger partial charge in [0.1, 0.15) is 18.2 Å². The predicted molar refractivity (Wildman–Crippen MR) is 129 cm³/mol. The molecule has 0 aliphatic carbocycles. The molecule has 1 aliphatic heterocycles. The molecule has 1 aliphatic rings. The fraction of sp³-hybridized carbons (Fsp3) is 0.333. The molecule has 2 aromatic carbocycles. The molecule has 0 spiro atoms. The van der Waals surface area contributed by atoms with E-state index in [2.05, 4.69) is 15.2 Å². The van der Waals surface area contributed by atoms with E-state index in [0.29, 0.717) is 35.7 Å². The highest BCUT2D eigenvalue weighted by Crippen LogP contribution is 2.26. The topological polar surface area (TPSA) is 63.7 Å². The average Bonchev–Trinajstić information content (AvgIpc) is 3.13. The number of carbonyl (C=O) groups excluding carboxylic acids is 1. The van der Waals surface area contributed by atoms with Crippen LogP contribution in [0.25, 0.3) is 11.1 Å². The average molecular weight is 464 g/mol. The van der Waals surface area contributed by atoms with Gasteiger partial charge in [-0.2, -0.15) is 0 Å². The summed E-state index contributed by atoms with van der Waals surface area (Å²) >= 11 is 0. The van der Waals surface area contributed by atoms with Crippen LogP contribution in [0.15, 0.2) is 66.9 Å². The molecule has 34 heavy (non-hydrogen) atoms. The quantitative estimate of drug-likeness (QED) is 0.522. The Balaban J connectivity index is 1.27. The fourth-order valence-electron chi connectivity index (χ4n) is 3.85. The van der Waals surface area contributed by atoms with Gasteiger partial charge in [-0.15, -0.1) is 0 Å². The fourth-order valence-corrected chi connectivity index (χ4v) is 3.85. The van der Waals surface area contributed by atoms with Gasteiger partial charge in [-0.05, 0) is 30.2 Å². The number of ether oxygens (including phenoxy) is 2. The van der Waals surface area contributed by atoms with Gasteiger partial charge in [0, 0.05) is 61.9 Å². The molecule has 3 aromatic rings. The van der Waals surface area contributed by atoms with Crippen LogP contribution in [0.4, 0.5) is 4.39 Å². The van der Waals surface area contributed by atoms with Crippen LogP contribution >= 0.6 is 0 Å². The lowest BCUT2D eigenvalue weighted by Gasteiger charge is -2.19. The zero-order chi connectivity index (χ0) is 23.6. The molecule has 0 bridgehead atoms. The molecule has 0 radical (unpaired) electrons. The SMILES string of the molecule is O=C(Cc1ccc(-c2ccc(OCCN3CCCOCC3)cc2F)cn1)NCc1ccccc1. The van der Waals surface area contributed by atoms with Crippen LogP contribution in [0.2, 0.25) is 0 Å². The number of benzene rings is 2. The van der Waals surface area contributed by atoms with E-state index in [-0.39, 0.29) is 18.1 Å². The number of amides is 1. The van der Waals surface area contributed by atoms with Gasteiger partial charge in [0.15, 0.2) is 0 Å². The van der Waals surface area contributed by atoms with Crippen LogP contribution in [-0.4, -0.2) is 55.2 Å². The van der Waals surface area contributed by atoms with E-state index in [1.165, 1.54) is 6.07 Å². The van der Waals surface area contributed by atoms with E-state index >= 15 is 0 Å². The van der Waals surface area contributed by atoms with Gasteiger partial charge in [0.05, 0.1) is 13.0 Å². The third-order valence-corrected chi connectivity index (χ3v) is 5.74. The molecule has 0 unspecified atom stereocenters. The van der Waals surface area contributed by atoms with Gasteiger partial charge >= 0.3 is 0 Å². The third kappa shape index (κ3) is 7.10. The van der Waals surface area contributed by atoms with Gasteiger partial charge in [0.2, 0.25) is 5.91 Å². The normalized spacial score (nSPS) is 14.4. The monoisotopic (exact) mass is 463 g/mol. The highest BCUT2D eigenvalue weighted by molar-refractivity contribution is 5.78. The number of carbonyl (C=O) groups is 1. The molecule has 0 atom stereocenters. The van der Waals surface area contributed by atoms with Gasteiger partial charge in [-0.25, -0.2) is 4.39 Å². The number of hydrogen-bond donors (Lipinski definition) is 1. The second-order valence-corrected chi connectivity index (χ2v) is 8.27. The van der Waals surface area contributed by atoms with Gasteiger partial charge in [-0.1, -0.05) is 36.4 Å². The van der Waals surface area contributed by atoms with E-state index < -0.39 is 0 Å². The molecule has 0 saturated carbocycles. The third-order valence-electron chi connectivity index (χ3n) is 5.74. The van der Waals surface area contributed by atoms with Crippen LogP contribution in [0.3, 0.4) is 0 Å². The Morgan fingerprint density at radius 3 is 2.76 bits per heavy atom. The number of nitrogens with zero attached hydrogens (tertiary/aromatic N) is 2. The highest BCUT2D eigenvalue weighted by Gasteiger charge is 2.11. The first-order valence-electron chi connectivity index (χ1n) is 11.7. The number of rotatable bonds is 9. The zero-order valence-corrected chi connectivity index (χ0v) is 19.2. The number of pyridine rings is 1. The summed E-state index contributed by atoms with van der Waals surface area (Å²) < 4.78 is 26.0. The lowest BCUT2D eigenvalue weighted by atomic mass is 10.1. The predicted octanol–water partition coefficient (Wildman–Crippen LogP) is 3.85. The maximum Gasteiger partial charge on any atom is 0.226 e. The lowest BCUT2D eigenvalue weighted by molar-refractivity contribution is -0.120. The van der Waals surface area contributed by atoms with Gasteiger partial charge in [0.25, 0.3) is 0 Å². The van der Waals surface area contributed by atoms with Gasteiger partial charge in [-0.3, -0.25) is 14.7 Å². The minimum absolute atomic E-state index is 0.107. The maximum absolute atomic E-state index is 14.7. The Kier molecular flexibility index (Phi) is 8.60. The van der Waals surface area contributed by atoms with E-state index in [0.717, 1.165) is 44.8 Å². The highest BCUT2D eigenvalue weighted by atomic mass is 19.1. The number of hydrogen-bond acceptors (Lipinski definition) is 5. The minimum atomic E-state index is -0.365. The Labute approximate surface area is 199 Å². The number of halogens is 1. The number of nitrogens with one attached hydrogen (secondary N) is 1. The van der Waals surface area contributed by atoms with Crippen molar-refractivity contribution in [2.24, 2.45) is 0 Å². The first-order chi connectivity index (χ1) is 16.7. The molecule has 4 rings (SSSR count). The summed E-state index contributed by atoms with van der Waals surface area (Å²) in [6.45, 7) is 5.21. The number of aromatic nitrogens is 1. The molecule has 6 nitrogen and oxygen atoms in total. The summed E-state index contributed by atoms with van der Waals surface area (Å²) in [5, 5.41) is 2.89. The van der Waals surface area contributed by atoms with Crippen molar-refractivity contribution in [2.75, 3.05) is 39.5 Å². The van der Waals surface area contributed by atoms with Crippen molar-refractivity contribution >= 4 is 5.91 Å². The van der Waals surface area contributed by atoms with Crippen LogP contribution < -0.4 is 10.1 Å². The Morgan fingerprint density at radius 1 is 1.09 bits per heavy atom. The molecule has 7 heteroatoms. The van der Waals surface area contributed by atoms with E-state index in [1.54, 1.807) is 30.5 Å². The molecule has 1 aromatic heterocycles. The lowest BCUT2D eigenvalue weighted by Crippen LogP contribution is -2.30. The Morgan fingerprint density at radius 2 is 1.97 bits per heavy atom. The summed E-state index contributed by atoms with van der Waals surface area (Å²) in [4.78, 5) is 18.8. The first-order valence-corrected chi connectivity index (χ1v) is 11.7. The van der Waals surface area contributed by atoms with E-state index in [4.69, 9.17) is 9.47 Å². The second-order valence-electron chi connectivity index (χ2n) is 8.27. The van der Waals surface area contributed by atoms with Crippen molar-refractivity contribution in [2.45, 2.75) is 19.4 Å². The van der Waals surface area contributed by atoms with Crippen LogP contribution in [0.1, 0.15) is 17.7 Å². The van der Waals surface area contributed by atoms with Crippen molar-refractivity contribution in [3.63, 3.8) is 0 Å². The molecular formula is C27H30FN3O3. The molecule has 1 N–H and O–H groups in total. The standard InChI is InChI=1S/C27H30FN3O3/c28-26-18-24(34-16-13-31-11-4-14-33-15-12-31)9-10-25(26)22-7-8-23(29-20-22)17-27(32)30-19-21-5-2-1-3-6-21/h1-3,5-10,18,20H,4,11-17,19H2,(H,30,32). The molecule has 1 amide bonds. The van der Waals surface area contributed by atoms with Crippen molar-refractivity contribution in [3.8, 4) is 16.9 Å². The zero-order valence-electron chi connectivity index (χ0n) is 19.2. The summed E-state index contributed by atoms with van der Waals surface area (Å²) in [5.41, 5.74) is 2.78. The van der Waals surface area contributed by atoms with Crippen molar-refractivity contribution in [3.05, 3.63) is 83.9 Å². The van der Waals surface area contributed by atoms with Gasteiger partial charge < -0.3 is 14.8 Å². The largest absolute Gasteiger partial charge is 0.492 e. The molecule has 178 valence electrons. The summed E-state index contributed by atoms with van der Waals surface area (Å²) in [6.07, 6.45) is 2.79. The molecule has 1 fully saturated rings. The summed E-state index contributed by atoms with van der Waals surface area (Å²) in [6, 6.07) is 18.2. The van der Waals surface area contributed by atoms with E-state index in [1.807, 2.05) is 30.3 Å². The van der Waals surface area contributed by atoms with E-state index in [9.17, 15) is 9.18 Å². The Bertz CT molecular complexity index is 1050. The summed E-state index contributed by atoms with van der Waals surface area (Å²) in [5.74, 6) is 0.0345. The maximum atomic E-state index is 14.7. The Hall–Kier alpha value is -3.29. The van der Waals surface area contributed by atoms with Crippen LogP contribution in [0.5, 0.6) is 5.75 Å². The second kappa shape index (κ2) is 12.3. The van der Waals surface area contributed by atoms with Crippen LogP contribution in [0, 0.1) is 5.82 Å². The smallest absolute Gasteiger partial charge is 0.226 e. The first kappa shape index (κ1) is 23.9. The molecule has 2 heterocycles. The summed E-state index contributed by atoms with van der Waals surface area (Å²) in [7, 11) is 0. The molecule has 1 saturated heterocycles. The van der Waals surface area contributed by atoms with Crippen molar-refractivity contribution < 1.29 is 18.7 Å². The molecular weight excluding hydrogens is 433 g/mol. The van der Waals surface area contributed by atoms with Crippen molar-refractivity contribution in [1.29, 1.82) is 0 Å². The van der Waals surface area contributed by atoms with Crippen LogP contribution in [-0.2, 0) is 22.5 Å². The minimum Gasteiger partial charge on any atom is -0.492 e.